The van der Waals surface area contributed by atoms with Crippen LogP contribution < -0.4 is 11.1 Å². The first-order valence-corrected chi connectivity index (χ1v) is 6.58. The molecule has 0 spiro atoms. The van der Waals surface area contributed by atoms with E-state index in [1.807, 2.05) is 19.1 Å². The summed E-state index contributed by atoms with van der Waals surface area (Å²) in [5, 5.41) is 16.0. The topological polar surface area (TPSA) is 70.6 Å². The molecule has 0 aliphatic heterocycles. The maximum absolute atomic E-state index is 8.82. The number of halogens is 2. The molecule has 0 atom stereocenters. The molecule has 2 aromatic rings. The number of anilines is 2. The summed E-state index contributed by atoms with van der Waals surface area (Å²) in [5.74, 6) is 0.00741. The van der Waals surface area contributed by atoms with Crippen molar-refractivity contribution in [3.05, 3.63) is 57.6 Å². The van der Waals surface area contributed by atoms with Crippen LogP contribution in [0.25, 0.3) is 0 Å². The molecule has 0 amide bonds. The van der Waals surface area contributed by atoms with E-state index in [0.717, 1.165) is 5.56 Å². The maximum Gasteiger partial charge on any atom is 0.172 e. The van der Waals surface area contributed by atoms with E-state index in [9.17, 15) is 0 Å². The molecule has 0 radical (unpaired) electrons. The van der Waals surface area contributed by atoms with Crippen LogP contribution in [0.1, 0.15) is 11.1 Å². The number of hydrogen-bond acceptors (Lipinski definition) is 3. The minimum absolute atomic E-state index is 0.00741. The summed E-state index contributed by atoms with van der Waals surface area (Å²) in [6.07, 6.45) is 0. The van der Waals surface area contributed by atoms with E-state index < -0.39 is 0 Å². The third-order valence-electron chi connectivity index (χ3n) is 2.85. The lowest BCUT2D eigenvalue weighted by molar-refractivity contribution is 0.318. The van der Waals surface area contributed by atoms with Gasteiger partial charge in [0.25, 0.3) is 0 Å². The summed E-state index contributed by atoms with van der Waals surface area (Å²) in [4.78, 5) is 0. The zero-order valence-corrected chi connectivity index (χ0v) is 12.2. The van der Waals surface area contributed by atoms with Crippen molar-refractivity contribution in [3.8, 4) is 0 Å². The van der Waals surface area contributed by atoms with Crippen molar-refractivity contribution in [2.24, 2.45) is 10.9 Å². The van der Waals surface area contributed by atoms with Crippen molar-refractivity contribution in [1.29, 1.82) is 0 Å². The summed E-state index contributed by atoms with van der Waals surface area (Å²) < 4.78 is 0. The van der Waals surface area contributed by atoms with E-state index in [0.29, 0.717) is 27.0 Å². The van der Waals surface area contributed by atoms with E-state index >= 15 is 0 Å². The Bertz CT molecular complexity index is 671. The largest absolute Gasteiger partial charge is 0.409 e. The quantitative estimate of drug-likeness (QED) is 0.345. The molecular formula is C14H13Cl2N3O. The molecule has 0 fully saturated rings. The molecule has 4 nitrogen and oxygen atoms in total. The first-order chi connectivity index (χ1) is 9.54. The van der Waals surface area contributed by atoms with Gasteiger partial charge in [-0.15, -0.1) is 0 Å². The Morgan fingerprint density at radius 3 is 2.60 bits per heavy atom. The fraction of sp³-hybridized carbons (Fsp3) is 0.0714. The monoisotopic (exact) mass is 309 g/mol. The second-order valence-corrected chi connectivity index (χ2v) is 4.99. The Kier molecular flexibility index (Phi) is 4.37. The molecule has 0 heterocycles. The third-order valence-corrected chi connectivity index (χ3v) is 3.66. The predicted molar refractivity (Wildman–Crippen MR) is 83.4 cm³/mol. The van der Waals surface area contributed by atoms with Crippen molar-refractivity contribution in [1.82, 2.24) is 0 Å². The van der Waals surface area contributed by atoms with Gasteiger partial charge in [-0.05, 0) is 30.7 Å². The molecule has 0 unspecified atom stereocenters. The lowest BCUT2D eigenvalue weighted by Gasteiger charge is -2.14. The molecule has 0 bridgehead atoms. The summed E-state index contributed by atoms with van der Waals surface area (Å²) in [5.41, 5.74) is 8.35. The fourth-order valence-corrected chi connectivity index (χ4v) is 2.24. The number of para-hydroxylation sites is 1. The Morgan fingerprint density at radius 2 is 1.90 bits per heavy atom. The molecule has 104 valence electrons. The van der Waals surface area contributed by atoms with Crippen LogP contribution in [0.3, 0.4) is 0 Å². The average Bonchev–Trinajstić information content (AvgIpc) is 2.47. The lowest BCUT2D eigenvalue weighted by Crippen LogP contribution is -2.15. The van der Waals surface area contributed by atoms with Gasteiger partial charge < -0.3 is 16.3 Å². The van der Waals surface area contributed by atoms with Gasteiger partial charge in [0, 0.05) is 11.3 Å². The van der Waals surface area contributed by atoms with Crippen LogP contribution in [-0.4, -0.2) is 11.0 Å². The number of hydrogen-bond donors (Lipinski definition) is 3. The Hall–Kier alpha value is -1.91. The second kappa shape index (κ2) is 6.03. The molecule has 0 aliphatic carbocycles. The third kappa shape index (κ3) is 2.81. The zero-order chi connectivity index (χ0) is 14.7. The van der Waals surface area contributed by atoms with Crippen LogP contribution in [0.4, 0.5) is 11.4 Å². The van der Waals surface area contributed by atoms with Crippen LogP contribution in [-0.2, 0) is 0 Å². The van der Waals surface area contributed by atoms with E-state index in [1.54, 1.807) is 24.3 Å². The zero-order valence-electron chi connectivity index (χ0n) is 10.7. The SMILES string of the molecule is Cc1ccc(Cl)c(Nc2ccccc2C(N)=NO)c1Cl. The Labute approximate surface area is 126 Å². The van der Waals surface area contributed by atoms with Crippen LogP contribution in [0, 0.1) is 6.92 Å². The lowest BCUT2D eigenvalue weighted by atomic mass is 10.1. The number of amidine groups is 1. The summed E-state index contributed by atoms with van der Waals surface area (Å²) in [6.45, 7) is 1.89. The smallest absolute Gasteiger partial charge is 0.172 e. The first-order valence-electron chi connectivity index (χ1n) is 5.83. The van der Waals surface area contributed by atoms with Crippen LogP contribution in [0.15, 0.2) is 41.6 Å². The van der Waals surface area contributed by atoms with Crippen LogP contribution >= 0.6 is 23.2 Å². The minimum Gasteiger partial charge on any atom is -0.409 e. The van der Waals surface area contributed by atoms with Gasteiger partial charge in [-0.2, -0.15) is 0 Å². The maximum atomic E-state index is 8.82. The summed E-state index contributed by atoms with van der Waals surface area (Å²) >= 11 is 12.4. The van der Waals surface area contributed by atoms with Crippen LogP contribution in [0.2, 0.25) is 10.0 Å². The summed E-state index contributed by atoms with van der Waals surface area (Å²) in [6, 6.07) is 10.7. The van der Waals surface area contributed by atoms with Gasteiger partial charge in [0.15, 0.2) is 5.84 Å². The molecule has 2 aromatic carbocycles. The van der Waals surface area contributed by atoms with Gasteiger partial charge >= 0.3 is 0 Å². The standard InChI is InChI=1S/C14H13Cl2N3O/c1-8-6-7-10(15)13(12(8)16)18-11-5-3-2-4-9(11)14(17)19-20/h2-7,18,20H,1H3,(H2,17,19). The average molecular weight is 310 g/mol. The molecule has 0 saturated carbocycles. The molecule has 0 saturated heterocycles. The fourth-order valence-electron chi connectivity index (χ4n) is 1.78. The second-order valence-electron chi connectivity index (χ2n) is 4.21. The van der Waals surface area contributed by atoms with Gasteiger partial charge in [0.05, 0.1) is 15.7 Å². The molecule has 20 heavy (non-hydrogen) atoms. The van der Waals surface area contributed by atoms with Gasteiger partial charge in [-0.1, -0.05) is 46.6 Å². The number of nitrogens with two attached hydrogens (primary N) is 1. The molecule has 2 rings (SSSR count). The van der Waals surface area contributed by atoms with E-state index in [-0.39, 0.29) is 5.84 Å². The van der Waals surface area contributed by atoms with Crippen molar-refractivity contribution < 1.29 is 5.21 Å². The first kappa shape index (κ1) is 14.5. The number of nitrogens with zero attached hydrogens (tertiary/aromatic N) is 1. The highest BCUT2D eigenvalue weighted by Gasteiger charge is 2.12. The highest BCUT2D eigenvalue weighted by Crippen LogP contribution is 2.35. The number of benzene rings is 2. The minimum atomic E-state index is 0.00741. The Morgan fingerprint density at radius 1 is 1.20 bits per heavy atom. The van der Waals surface area contributed by atoms with E-state index in [4.69, 9.17) is 34.1 Å². The highest BCUT2D eigenvalue weighted by atomic mass is 35.5. The molecule has 0 aliphatic rings. The number of rotatable bonds is 3. The number of aryl methyl sites for hydroxylation is 1. The van der Waals surface area contributed by atoms with Crippen molar-refractivity contribution in [2.75, 3.05) is 5.32 Å². The van der Waals surface area contributed by atoms with E-state index in [1.165, 1.54) is 0 Å². The molecule has 6 heteroatoms. The summed E-state index contributed by atoms with van der Waals surface area (Å²) in [7, 11) is 0. The number of oxime groups is 1. The normalized spacial score (nSPS) is 11.4. The van der Waals surface area contributed by atoms with Gasteiger partial charge in [-0.25, -0.2) is 0 Å². The van der Waals surface area contributed by atoms with Crippen molar-refractivity contribution >= 4 is 40.4 Å². The van der Waals surface area contributed by atoms with Gasteiger partial charge in [-0.3, -0.25) is 0 Å². The highest BCUT2D eigenvalue weighted by molar-refractivity contribution is 6.39. The van der Waals surface area contributed by atoms with Gasteiger partial charge in [0.1, 0.15) is 0 Å². The Balaban J connectivity index is 2.49. The predicted octanol–water partition coefficient (Wildman–Crippen LogP) is 4.14. The van der Waals surface area contributed by atoms with Gasteiger partial charge in [0.2, 0.25) is 0 Å². The van der Waals surface area contributed by atoms with Crippen LogP contribution in [0.5, 0.6) is 0 Å². The molecular weight excluding hydrogens is 297 g/mol. The molecule has 0 aromatic heterocycles. The van der Waals surface area contributed by atoms with E-state index in [2.05, 4.69) is 10.5 Å². The number of nitrogens with one attached hydrogen (secondary N) is 1. The van der Waals surface area contributed by atoms with Crippen molar-refractivity contribution in [2.45, 2.75) is 6.92 Å². The molecule has 4 N–H and O–H groups in total. The van der Waals surface area contributed by atoms with Crippen molar-refractivity contribution in [3.63, 3.8) is 0 Å².